The van der Waals surface area contributed by atoms with Crippen LogP contribution in [-0.4, -0.2) is 25.3 Å². The maximum absolute atomic E-state index is 12.2. The number of Topliss-reactive ketones (excluding diaryl/α,β-unsaturated/α-hetero) is 1. The van der Waals surface area contributed by atoms with Gasteiger partial charge in [0.15, 0.2) is 5.78 Å². The van der Waals surface area contributed by atoms with Gasteiger partial charge < -0.3 is 4.57 Å². The summed E-state index contributed by atoms with van der Waals surface area (Å²) in [5.74, 6) is 1.01. The fraction of sp³-hybridized carbons (Fsp3) is 0.200. The second-order valence-electron chi connectivity index (χ2n) is 4.64. The molecule has 0 aliphatic rings. The van der Waals surface area contributed by atoms with Gasteiger partial charge in [-0.2, -0.15) is 0 Å². The second-order valence-corrected chi connectivity index (χ2v) is 4.64. The number of fused-ring (bicyclic) bond motifs is 1. The van der Waals surface area contributed by atoms with Gasteiger partial charge in [-0.1, -0.05) is 0 Å². The van der Waals surface area contributed by atoms with Gasteiger partial charge >= 0.3 is 0 Å². The van der Waals surface area contributed by atoms with Crippen molar-refractivity contribution in [1.82, 2.24) is 19.5 Å². The van der Waals surface area contributed by atoms with Crippen molar-refractivity contribution in [3.8, 4) is 0 Å². The average Bonchev–Trinajstić information content (AvgIpc) is 2.89. The molecule has 0 spiro atoms. The van der Waals surface area contributed by atoms with E-state index in [4.69, 9.17) is 0 Å². The summed E-state index contributed by atoms with van der Waals surface area (Å²) in [6.07, 6.45) is 7.98. The summed E-state index contributed by atoms with van der Waals surface area (Å²) in [4.78, 5) is 24.8. The number of hydrogen-bond donors (Lipinski definition) is 0. The predicted octanol–water partition coefficient (Wildman–Crippen LogP) is 2.18. The highest BCUT2D eigenvalue weighted by Crippen LogP contribution is 2.13. The molecule has 0 aliphatic carbocycles. The van der Waals surface area contributed by atoms with Gasteiger partial charge in [0.1, 0.15) is 5.82 Å². The molecule has 0 atom stereocenters. The average molecular weight is 266 g/mol. The monoisotopic (exact) mass is 266 g/mol. The van der Waals surface area contributed by atoms with Gasteiger partial charge in [0.05, 0.1) is 11.0 Å². The van der Waals surface area contributed by atoms with Crippen molar-refractivity contribution in [3.63, 3.8) is 0 Å². The minimum atomic E-state index is 0.0977. The molecular formula is C15H14N4O. The molecule has 0 N–H and O–H groups in total. The predicted molar refractivity (Wildman–Crippen MR) is 75.4 cm³/mol. The van der Waals surface area contributed by atoms with Crippen LogP contribution in [0.2, 0.25) is 0 Å². The number of carbonyl (C=O) groups excluding carboxylic acids is 1. The Balaban J connectivity index is 1.77. The molecule has 0 unspecified atom stereocenters. The molecule has 0 radical (unpaired) electrons. The Morgan fingerprint density at radius 2 is 1.90 bits per heavy atom. The van der Waals surface area contributed by atoms with Crippen LogP contribution in [0.15, 0.2) is 43.0 Å². The highest BCUT2D eigenvalue weighted by molar-refractivity contribution is 5.98. The molecule has 0 saturated carbocycles. The SMILES string of the molecule is Cn1ccnc1CCC(=O)c1ccc2nccnc2c1. The normalized spacial score (nSPS) is 10.8. The van der Waals surface area contributed by atoms with E-state index in [-0.39, 0.29) is 5.78 Å². The van der Waals surface area contributed by atoms with E-state index in [1.165, 1.54) is 0 Å². The summed E-state index contributed by atoms with van der Waals surface area (Å²) >= 11 is 0. The van der Waals surface area contributed by atoms with E-state index in [0.717, 1.165) is 16.9 Å². The molecule has 0 bridgehead atoms. The van der Waals surface area contributed by atoms with Crippen LogP contribution in [0.3, 0.4) is 0 Å². The van der Waals surface area contributed by atoms with Crippen LogP contribution in [0.5, 0.6) is 0 Å². The topological polar surface area (TPSA) is 60.7 Å². The summed E-state index contributed by atoms with van der Waals surface area (Å²) in [6, 6.07) is 5.43. The van der Waals surface area contributed by atoms with Crippen molar-refractivity contribution >= 4 is 16.8 Å². The van der Waals surface area contributed by atoms with Crippen LogP contribution in [-0.2, 0) is 13.5 Å². The lowest BCUT2D eigenvalue weighted by Crippen LogP contribution is -2.05. The number of aryl methyl sites for hydroxylation is 2. The van der Waals surface area contributed by atoms with Gasteiger partial charge in [-0.15, -0.1) is 0 Å². The Morgan fingerprint density at radius 1 is 1.10 bits per heavy atom. The molecule has 0 amide bonds. The van der Waals surface area contributed by atoms with E-state index < -0.39 is 0 Å². The third kappa shape index (κ3) is 2.42. The number of benzene rings is 1. The Hall–Kier alpha value is -2.56. The molecule has 1 aromatic carbocycles. The summed E-state index contributed by atoms with van der Waals surface area (Å²) in [6.45, 7) is 0. The lowest BCUT2D eigenvalue weighted by molar-refractivity contribution is 0.0982. The molecule has 100 valence electrons. The molecule has 0 aliphatic heterocycles. The van der Waals surface area contributed by atoms with E-state index >= 15 is 0 Å². The number of nitrogens with zero attached hydrogens (tertiary/aromatic N) is 4. The van der Waals surface area contributed by atoms with E-state index in [1.54, 1.807) is 30.7 Å². The molecular weight excluding hydrogens is 252 g/mol. The van der Waals surface area contributed by atoms with Crippen molar-refractivity contribution < 1.29 is 4.79 Å². The van der Waals surface area contributed by atoms with Gasteiger partial charge in [0, 0.05) is 50.2 Å². The second kappa shape index (κ2) is 5.21. The van der Waals surface area contributed by atoms with E-state index in [1.807, 2.05) is 23.9 Å². The van der Waals surface area contributed by atoms with E-state index in [9.17, 15) is 4.79 Å². The molecule has 5 nitrogen and oxygen atoms in total. The summed E-state index contributed by atoms with van der Waals surface area (Å²) < 4.78 is 1.93. The third-order valence-electron chi connectivity index (χ3n) is 3.29. The smallest absolute Gasteiger partial charge is 0.163 e. The first-order valence-electron chi connectivity index (χ1n) is 6.44. The number of ketones is 1. The number of hydrogen-bond acceptors (Lipinski definition) is 4. The zero-order valence-corrected chi connectivity index (χ0v) is 11.2. The van der Waals surface area contributed by atoms with Crippen LogP contribution in [0.1, 0.15) is 22.6 Å². The zero-order valence-electron chi connectivity index (χ0n) is 11.2. The van der Waals surface area contributed by atoms with Gasteiger partial charge in [0.25, 0.3) is 0 Å². The summed E-state index contributed by atoms with van der Waals surface area (Å²) in [5, 5.41) is 0. The molecule has 0 fully saturated rings. The summed E-state index contributed by atoms with van der Waals surface area (Å²) in [5.41, 5.74) is 2.22. The number of imidazole rings is 1. The zero-order chi connectivity index (χ0) is 13.9. The quantitative estimate of drug-likeness (QED) is 0.679. The van der Waals surface area contributed by atoms with Crippen LogP contribution in [0, 0.1) is 0 Å². The van der Waals surface area contributed by atoms with Crippen molar-refractivity contribution in [2.45, 2.75) is 12.8 Å². The van der Waals surface area contributed by atoms with Gasteiger partial charge in [-0.3, -0.25) is 14.8 Å². The van der Waals surface area contributed by atoms with Crippen molar-refractivity contribution in [3.05, 3.63) is 54.4 Å². The fourth-order valence-electron chi connectivity index (χ4n) is 2.14. The maximum atomic E-state index is 12.2. The first kappa shape index (κ1) is 12.5. The Kier molecular flexibility index (Phi) is 3.25. The van der Waals surface area contributed by atoms with Gasteiger partial charge in [0.2, 0.25) is 0 Å². The third-order valence-corrected chi connectivity index (χ3v) is 3.29. The van der Waals surface area contributed by atoms with E-state index in [2.05, 4.69) is 15.0 Å². The van der Waals surface area contributed by atoms with Crippen molar-refractivity contribution in [1.29, 1.82) is 0 Å². The number of aromatic nitrogens is 4. The molecule has 3 aromatic rings. The molecule has 2 aromatic heterocycles. The van der Waals surface area contributed by atoms with Gasteiger partial charge in [-0.25, -0.2) is 4.98 Å². The minimum absolute atomic E-state index is 0.0977. The highest BCUT2D eigenvalue weighted by atomic mass is 16.1. The Bertz CT molecular complexity index is 763. The first-order chi connectivity index (χ1) is 9.74. The molecule has 20 heavy (non-hydrogen) atoms. The minimum Gasteiger partial charge on any atom is -0.338 e. The van der Waals surface area contributed by atoms with Crippen molar-refractivity contribution in [2.75, 3.05) is 0 Å². The molecule has 0 saturated heterocycles. The standard InChI is InChI=1S/C15H14N4O/c1-19-9-8-18-15(19)5-4-14(20)11-2-3-12-13(10-11)17-7-6-16-12/h2-3,6-10H,4-5H2,1H3. The van der Waals surface area contributed by atoms with Crippen LogP contribution in [0.25, 0.3) is 11.0 Å². The largest absolute Gasteiger partial charge is 0.338 e. The highest BCUT2D eigenvalue weighted by Gasteiger charge is 2.09. The van der Waals surface area contributed by atoms with Crippen LogP contribution in [0.4, 0.5) is 0 Å². The van der Waals surface area contributed by atoms with Gasteiger partial charge in [-0.05, 0) is 18.2 Å². The van der Waals surface area contributed by atoms with E-state index in [0.29, 0.717) is 18.4 Å². The summed E-state index contributed by atoms with van der Waals surface area (Å²) in [7, 11) is 1.93. The lowest BCUT2D eigenvalue weighted by Gasteiger charge is -2.03. The van der Waals surface area contributed by atoms with Crippen LogP contribution < -0.4 is 0 Å². The van der Waals surface area contributed by atoms with Crippen molar-refractivity contribution in [2.24, 2.45) is 7.05 Å². The fourth-order valence-corrected chi connectivity index (χ4v) is 2.14. The first-order valence-corrected chi connectivity index (χ1v) is 6.44. The lowest BCUT2D eigenvalue weighted by atomic mass is 10.1. The Labute approximate surface area is 116 Å². The maximum Gasteiger partial charge on any atom is 0.163 e. The molecule has 5 heteroatoms. The van der Waals surface area contributed by atoms with Crippen LogP contribution >= 0.6 is 0 Å². The number of carbonyl (C=O) groups is 1. The molecule has 2 heterocycles. The Morgan fingerprint density at radius 3 is 2.65 bits per heavy atom. The number of rotatable bonds is 4. The molecule has 3 rings (SSSR count).